The third-order valence-electron chi connectivity index (χ3n) is 4.61. The van der Waals surface area contributed by atoms with Gasteiger partial charge in [0.05, 0.1) is 11.1 Å². The quantitative estimate of drug-likeness (QED) is 0.196. The summed E-state index contributed by atoms with van der Waals surface area (Å²) >= 11 is 0. The molecule has 0 amide bonds. The third-order valence-corrected chi connectivity index (χ3v) is 4.61. The van der Waals surface area contributed by atoms with Crippen LogP contribution in [0.4, 0.5) is 0 Å². The fourth-order valence-electron chi connectivity index (χ4n) is 3.19. The van der Waals surface area contributed by atoms with Crippen molar-refractivity contribution in [1.29, 1.82) is 0 Å². The lowest BCUT2D eigenvalue weighted by Crippen LogP contribution is -2.14. The van der Waals surface area contributed by atoms with E-state index in [1.807, 2.05) is 91.0 Å². The maximum atomic E-state index is 13.0. The van der Waals surface area contributed by atoms with Gasteiger partial charge in [-0.15, -0.1) is 0 Å². The van der Waals surface area contributed by atoms with E-state index >= 15 is 0 Å². The van der Waals surface area contributed by atoms with Crippen LogP contribution in [0.1, 0.15) is 21.5 Å². The summed E-state index contributed by atoms with van der Waals surface area (Å²) in [4.78, 5) is 25.7. The van der Waals surface area contributed by atoms with Crippen LogP contribution in [0.15, 0.2) is 103 Å². The molecule has 0 radical (unpaired) electrons. The minimum Gasteiger partial charge on any atom is -0.386 e. The van der Waals surface area contributed by atoms with Gasteiger partial charge in [-0.05, 0) is 34.0 Å². The summed E-state index contributed by atoms with van der Waals surface area (Å²) < 4.78 is 5.29. The van der Waals surface area contributed by atoms with Crippen molar-refractivity contribution < 1.29 is 14.3 Å². The van der Waals surface area contributed by atoms with Gasteiger partial charge in [0, 0.05) is 0 Å². The number of carbonyl (C=O) groups is 2. The largest absolute Gasteiger partial charge is 0.386 e. The minimum atomic E-state index is -0.682. The molecular formula is C26H18O3. The Hall–Kier alpha value is -3.98. The smallest absolute Gasteiger partial charge is 0.346 e. The maximum Gasteiger partial charge on any atom is 0.346 e. The van der Waals surface area contributed by atoms with E-state index in [-0.39, 0.29) is 0 Å². The van der Waals surface area contributed by atoms with E-state index in [0.717, 1.165) is 16.3 Å². The molecule has 140 valence electrons. The molecule has 0 unspecified atom stereocenters. The highest BCUT2D eigenvalue weighted by Crippen LogP contribution is 2.23. The molecule has 0 aliphatic rings. The molecule has 4 aromatic rings. The number of benzene rings is 4. The van der Waals surface area contributed by atoms with Crippen LogP contribution in [0.5, 0.6) is 0 Å². The van der Waals surface area contributed by atoms with Gasteiger partial charge in [-0.2, -0.15) is 0 Å². The van der Waals surface area contributed by atoms with Crippen molar-refractivity contribution in [1.82, 2.24) is 0 Å². The lowest BCUT2D eigenvalue weighted by Gasteiger charge is -2.09. The summed E-state index contributed by atoms with van der Waals surface area (Å²) in [6.07, 6.45) is 1.73. The zero-order chi connectivity index (χ0) is 20.1. The fraction of sp³-hybridized carbons (Fsp3) is 0. The normalized spacial score (nSPS) is 11.2. The van der Waals surface area contributed by atoms with Gasteiger partial charge in [-0.25, -0.2) is 9.59 Å². The summed E-state index contributed by atoms with van der Waals surface area (Å²) in [7, 11) is 0. The minimum absolute atomic E-state index is 0.324. The van der Waals surface area contributed by atoms with Gasteiger partial charge in [0.2, 0.25) is 0 Å². The van der Waals surface area contributed by atoms with E-state index in [1.54, 1.807) is 18.2 Å². The Morgan fingerprint density at radius 2 is 1.28 bits per heavy atom. The van der Waals surface area contributed by atoms with Crippen LogP contribution < -0.4 is 0 Å². The Kier molecular flexibility index (Phi) is 5.30. The van der Waals surface area contributed by atoms with Crippen LogP contribution in [0.3, 0.4) is 0 Å². The molecule has 0 atom stereocenters. The molecule has 0 aliphatic heterocycles. The Morgan fingerprint density at radius 1 is 0.655 bits per heavy atom. The highest BCUT2D eigenvalue weighted by atomic mass is 16.6. The predicted molar refractivity (Wildman–Crippen MR) is 115 cm³/mol. The van der Waals surface area contributed by atoms with E-state index in [9.17, 15) is 9.59 Å². The molecule has 3 heteroatoms. The Balaban J connectivity index is 1.68. The van der Waals surface area contributed by atoms with E-state index in [4.69, 9.17) is 4.74 Å². The topological polar surface area (TPSA) is 43.4 Å². The van der Waals surface area contributed by atoms with Crippen molar-refractivity contribution >= 4 is 34.4 Å². The van der Waals surface area contributed by atoms with Crippen molar-refractivity contribution in [2.24, 2.45) is 0 Å². The van der Waals surface area contributed by atoms with Crippen molar-refractivity contribution in [3.05, 3.63) is 120 Å². The third kappa shape index (κ3) is 4.14. The second-order valence-corrected chi connectivity index (χ2v) is 6.54. The average Bonchev–Trinajstić information content (AvgIpc) is 2.78. The van der Waals surface area contributed by atoms with Crippen LogP contribution in [0.25, 0.3) is 22.4 Å². The van der Waals surface area contributed by atoms with Crippen LogP contribution >= 0.6 is 0 Å². The number of esters is 2. The summed E-state index contributed by atoms with van der Waals surface area (Å²) in [5.41, 5.74) is 2.22. The predicted octanol–water partition coefficient (Wildman–Crippen LogP) is 5.76. The summed E-state index contributed by atoms with van der Waals surface area (Å²) in [6, 6.07) is 31.5. The molecule has 3 nitrogen and oxygen atoms in total. The summed E-state index contributed by atoms with van der Waals surface area (Å²) in [5, 5.41) is 1.67. The second-order valence-electron chi connectivity index (χ2n) is 6.54. The van der Waals surface area contributed by atoms with Crippen molar-refractivity contribution in [2.75, 3.05) is 0 Å². The van der Waals surface area contributed by atoms with E-state index in [1.165, 1.54) is 0 Å². The first-order valence-electron chi connectivity index (χ1n) is 9.29. The molecule has 29 heavy (non-hydrogen) atoms. The van der Waals surface area contributed by atoms with E-state index < -0.39 is 11.9 Å². The first-order chi connectivity index (χ1) is 14.2. The van der Waals surface area contributed by atoms with Crippen LogP contribution in [-0.2, 0) is 9.53 Å². The molecule has 0 heterocycles. The number of carbonyl (C=O) groups excluding carboxylic acids is 2. The van der Waals surface area contributed by atoms with Gasteiger partial charge < -0.3 is 4.74 Å². The molecule has 0 spiro atoms. The Morgan fingerprint density at radius 3 is 2.03 bits per heavy atom. The summed E-state index contributed by atoms with van der Waals surface area (Å²) in [5.74, 6) is -1.35. The number of ether oxygens (including phenoxy) is 1. The molecule has 0 aromatic heterocycles. The van der Waals surface area contributed by atoms with Crippen molar-refractivity contribution in [3.8, 4) is 0 Å². The van der Waals surface area contributed by atoms with Gasteiger partial charge in [0.25, 0.3) is 0 Å². The number of rotatable bonds is 4. The van der Waals surface area contributed by atoms with Gasteiger partial charge in [0.15, 0.2) is 0 Å². The highest BCUT2D eigenvalue weighted by molar-refractivity contribution is 6.25. The monoisotopic (exact) mass is 378 g/mol. The molecule has 0 aliphatic carbocycles. The lowest BCUT2D eigenvalue weighted by atomic mass is 10.0. The molecule has 0 saturated carbocycles. The van der Waals surface area contributed by atoms with Crippen molar-refractivity contribution in [3.63, 3.8) is 0 Å². The Bertz CT molecular complexity index is 1190. The van der Waals surface area contributed by atoms with Gasteiger partial charge in [0.1, 0.15) is 0 Å². The first-order valence-corrected chi connectivity index (χ1v) is 9.29. The standard InChI is InChI=1S/C26H18O3/c27-25(23-17-9-15-20-14-7-8-16-22(20)23)29-26(28)24(21-12-5-2-6-13-21)18-19-10-3-1-4-11-19/h1-18H/b24-18+. The zero-order valence-corrected chi connectivity index (χ0v) is 15.6. The molecule has 0 fully saturated rings. The zero-order valence-electron chi connectivity index (χ0n) is 15.6. The van der Waals surface area contributed by atoms with Crippen molar-refractivity contribution in [2.45, 2.75) is 0 Å². The molecule has 4 aromatic carbocycles. The first kappa shape index (κ1) is 18.4. The van der Waals surface area contributed by atoms with Crippen LogP contribution in [0, 0.1) is 0 Å². The SMILES string of the molecule is O=C(OC(=O)c1cccc2ccccc12)/C(=C/c1ccccc1)c1ccccc1. The average molecular weight is 378 g/mol. The fourth-order valence-corrected chi connectivity index (χ4v) is 3.19. The van der Waals surface area contributed by atoms with Crippen LogP contribution in [-0.4, -0.2) is 11.9 Å². The molecule has 0 bridgehead atoms. The molecule has 0 N–H and O–H groups in total. The number of hydrogen-bond acceptors (Lipinski definition) is 3. The molecular weight excluding hydrogens is 360 g/mol. The number of fused-ring (bicyclic) bond motifs is 1. The Labute approximate surface area is 168 Å². The molecule has 0 saturated heterocycles. The second kappa shape index (κ2) is 8.36. The highest BCUT2D eigenvalue weighted by Gasteiger charge is 2.20. The van der Waals surface area contributed by atoms with Gasteiger partial charge in [-0.3, -0.25) is 0 Å². The molecule has 4 rings (SSSR count). The van der Waals surface area contributed by atoms with Crippen LogP contribution in [0.2, 0.25) is 0 Å². The van der Waals surface area contributed by atoms with Gasteiger partial charge >= 0.3 is 11.9 Å². The number of hydrogen-bond donors (Lipinski definition) is 0. The van der Waals surface area contributed by atoms with E-state index in [2.05, 4.69) is 0 Å². The van der Waals surface area contributed by atoms with E-state index in [0.29, 0.717) is 16.7 Å². The summed E-state index contributed by atoms with van der Waals surface area (Å²) in [6.45, 7) is 0. The lowest BCUT2D eigenvalue weighted by molar-refractivity contribution is -0.131. The maximum absolute atomic E-state index is 13.0. The van der Waals surface area contributed by atoms with Gasteiger partial charge in [-0.1, -0.05) is 97.1 Å².